The third-order valence-corrected chi connectivity index (χ3v) is 6.31. The molecule has 2 aromatic rings. The van der Waals surface area contributed by atoms with Crippen molar-refractivity contribution < 1.29 is 19.1 Å². The third kappa shape index (κ3) is 3.64. The van der Waals surface area contributed by atoms with Gasteiger partial charge in [-0.2, -0.15) is 0 Å². The van der Waals surface area contributed by atoms with Crippen molar-refractivity contribution in [3.8, 4) is 11.1 Å². The van der Waals surface area contributed by atoms with Gasteiger partial charge in [-0.1, -0.05) is 48.5 Å². The van der Waals surface area contributed by atoms with Crippen LogP contribution in [0.5, 0.6) is 0 Å². The third-order valence-electron chi connectivity index (χ3n) is 6.31. The quantitative estimate of drug-likeness (QED) is 0.711. The molecule has 2 aliphatic carbocycles. The molecule has 2 amide bonds. The van der Waals surface area contributed by atoms with E-state index in [0.29, 0.717) is 19.7 Å². The van der Waals surface area contributed by atoms with Gasteiger partial charge in [0.05, 0.1) is 12.1 Å². The van der Waals surface area contributed by atoms with Crippen LogP contribution < -0.4 is 0 Å². The summed E-state index contributed by atoms with van der Waals surface area (Å²) >= 11 is 0. The molecule has 2 aromatic carbocycles. The number of rotatable bonds is 2. The van der Waals surface area contributed by atoms with Crippen LogP contribution in [0, 0.1) is 0 Å². The van der Waals surface area contributed by atoms with Crippen molar-refractivity contribution in [3.63, 3.8) is 0 Å². The monoisotopic (exact) mass is 420 g/mol. The van der Waals surface area contributed by atoms with Gasteiger partial charge >= 0.3 is 12.2 Å². The van der Waals surface area contributed by atoms with Crippen molar-refractivity contribution >= 4 is 12.2 Å². The van der Waals surface area contributed by atoms with Crippen molar-refractivity contribution in [1.29, 1.82) is 0 Å². The molecule has 6 heteroatoms. The summed E-state index contributed by atoms with van der Waals surface area (Å²) in [6.45, 7) is 6.85. The number of carbonyl (C=O) groups excluding carboxylic acids is 2. The lowest BCUT2D eigenvalue weighted by molar-refractivity contribution is 0.0115. The molecule has 3 aliphatic rings. The minimum atomic E-state index is -0.522. The van der Waals surface area contributed by atoms with Crippen LogP contribution in [-0.2, 0) is 9.47 Å². The summed E-state index contributed by atoms with van der Waals surface area (Å²) in [5, 5.41) is 0. The van der Waals surface area contributed by atoms with E-state index in [4.69, 9.17) is 9.47 Å². The fourth-order valence-electron chi connectivity index (χ4n) is 4.84. The normalized spacial score (nSPS) is 21.8. The maximum atomic E-state index is 12.9. The predicted octanol–water partition coefficient (Wildman–Crippen LogP) is 4.63. The van der Waals surface area contributed by atoms with Crippen LogP contribution in [0.3, 0.4) is 0 Å². The maximum absolute atomic E-state index is 12.9. The van der Waals surface area contributed by atoms with Gasteiger partial charge in [0.1, 0.15) is 12.2 Å². The highest BCUT2D eigenvalue weighted by Crippen LogP contribution is 2.45. The van der Waals surface area contributed by atoms with Crippen molar-refractivity contribution in [3.05, 3.63) is 59.7 Å². The Morgan fingerprint density at radius 2 is 1.39 bits per heavy atom. The predicted molar refractivity (Wildman–Crippen MR) is 117 cm³/mol. The lowest BCUT2D eigenvalue weighted by Crippen LogP contribution is -2.51. The van der Waals surface area contributed by atoms with Gasteiger partial charge in [0, 0.05) is 19.0 Å². The zero-order chi connectivity index (χ0) is 21.8. The average molecular weight is 421 g/mol. The lowest BCUT2D eigenvalue weighted by Gasteiger charge is -2.34. The summed E-state index contributed by atoms with van der Waals surface area (Å²) in [6.07, 6.45) is 0.189. The van der Waals surface area contributed by atoms with E-state index in [1.165, 1.54) is 22.3 Å². The maximum Gasteiger partial charge on any atom is 0.410 e. The van der Waals surface area contributed by atoms with Crippen LogP contribution in [0.15, 0.2) is 48.5 Å². The van der Waals surface area contributed by atoms with Gasteiger partial charge in [-0.25, -0.2) is 9.59 Å². The zero-order valence-electron chi connectivity index (χ0n) is 18.2. The Balaban J connectivity index is 1.23. The lowest BCUT2D eigenvalue weighted by atomic mass is 9.98. The van der Waals surface area contributed by atoms with E-state index < -0.39 is 5.60 Å². The van der Waals surface area contributed by atoms with E-state index in [1.807, 2.05) is 45.0 Å². The molecule has 1 saturated carbocycles. The van der Waals surface area contributed by atoms with Gasteiger partial charge in [0.2, 0.25) is 0 Å². The molecule has 1 saturated heterocycles. The average Bonchev–Trinajstić information content (AvgIpc) is 3.47. The second kappa shape index (κ2) is 7.29. The van der Waals surface area contributed by atoms with Crippen LogP contribution in [-0.4, -0.2) is 59.4 Å². The zero-order valence-corrected chi connectivity index (χ0v) is 18.2. The number of hydrogen-bond acceptors (Lipinski definition) is 4. The van der Waals surface area contributed by atoms with E-state index in [2.05, 4.69) is 24.3 Å². The summed E-state index contributed by atoms with van der Waals surface area (Å²) in [5.74, 6) is 0.0504. The Morgan fingerprint density at radius 1 is 0.871 bits per heavy atom. The Bertz CT molecular complexity index is 983. The molecule has 0 aromatic heterocycles. The Kier molecular flexibility index (Phi) is 4.68. The van der Waals surface area contributed by atoms with Crippen molar-refractivity contribution in [2.45, 2.75) is 50.8 Å². The standard InChI is InChI=1S/C25H28N2O4/c1-25(2,3)31-24(29)27-13-12-26(21-14-22(21)27)23(28)30-15-20-18-10-6-4-8-16(18)17-9-5-7-11-19(17)20/h4-11,20-22H,12-15H2,1-3H3. The minimum absolute atomic E-state index is 0.0249. The number of nitrogens with zero attached hydrogens (tertiary/aromatic N) is 2. The summed E-state index contributed by atoms with van der Waals surface area (Å²) in [7, 11) is 0. The topological polar surface area (TPSA) is 59.1 Å². The molecule has 2 atom stereocenters. The van der Waals surface area contributed by atoms with Crippen LogP contribution in [0.2, 0.25) is 0 Å². The molecular weight excluding hydrogens is 392 g/mol. The fraction of sp³-hybridized carbons (Fsp3) is 0.440. The van der Waals surface area contributed by atoms with Crippen molar-refractivity contribution in [2.24, 2.45) is 0 Å². The Labute approximate surface area is 182 Å². The minimum Gasteiger partial charge on any atom is -0.448 e. The molecule has 0 bridgehead atoms. The highest BCUT2D eigenvalue weighted by molar-refractivity contribution is 5.79. The van der Waals surface area contributed by atoms with Crippen LogP contribution in [0.4, 0.5) is 9.59 Å². The van der Waals surface area contributed by atoms with E-state index in [9.17, 15) is 9.59 Å². The molecule has 2 unspecified atom stereocenters. The smallest absolute Gasteiger partial charge is 0.410 e. The van der Waals surface area contributed by atoms with E-state index >= 15 is 0 Å². The number of ether oxygens (including phenoxy) is 2. The SMILES string of the molecule is CC(C)(C)OC(=O)N1CCN(C(=O)OCC2c3ccccc3-c3ccccc32)C2CC21. The van der Waals surface area contributed by atoms with Gasteiger partial charge in [-0.05, 0) is 49.4 Å². The molecule has 0 N–H and O–H groups in total. The molecule has 0 spiro atoms. The molecular formula is C25H28N2O4. The van der Waals surface area contributed by atoms with Crippen molar-refractivity contribution in [2.75, 3.05) is 19.7 Å². The van der Waals surface area contributed by atoms with Gasteiger partial charge in [0.15, 0.2) is 0 Å². The first-order valence-electron chi connectivity index (χ1n) is 10.9. The van der Waals surface area contributed by atoms with Gasteiger partial charge in [0.25, 0.3) is 0 Å². The molecule has 5 rings (SSSR count). The van der Waals surface area contributed by atoms with Crippen molar-refractivity contribution in [1.82, 2.24) is 9.80 Å². The largest absolute Gasteiger partial charge is 0.448 e. The summed E-state index contributed by atoms with van der Waals surface area (Å²) in [6, 6.07) is 16.7. The number of hydrogen-bond donors (Lipinski definition) is 0. The first kappa shape index (κ1) is 19.9. The first-order chi connectivity index (χ1) is 14.8. The Morgan fingerprint density at radius 3 is 1.94 bits per heavy atom. The highest BCUT2D eigenvalue weighted by Gasteiger charge is 2.53. The molecule has 6 nitrogen and oxygen atoms in total. The molecule has 1 aliphatic heterocycles. The summed E-state index contributed by atoms with van der Waals surface area (Å²) < 4.78 is 11.3. The van der Waals surface area contributed by atoms with Crippen LogP contribution in [0.1, 0.15) is 44.2 Å². The fourth-order valence-corrected chi connectivity index (χ4v) is 4.84. The molecule has 162 valence electrons. The number of amides is 2. The van der Waals surface area contributed by atoms with Gasteiger partial charge < -0.3 is 19.3 Å². The Hall–Kier alpha value is -3.02. The second-order valence-electron chi connectivity index (χ2n) is 9.54. The first-order valence-corrected chi connectivity index (χ1v) is 10.9. The van der Waals surface area contributed by atoms with E-state index in [0.717, 1.165) is 6.42 Å². The number of carbonyl (C=O) groups is 2. The molecule has 1 heterocycles. The van der Waals surface area contributed by atoms with E-state index in [-0.39, 0.29) is 30.2 Å². The van der Waals surface area contributed by atoms with Gasteiger partial charge in [-0.3, -0.25) is 0 Å². The molecule has 31 heavy (non-hydrogen) atoms. The molecule has 0 radical (unpaired) electrons. The van der Waals surface area contributed by atoms with Crippen LogP contribution in [0.25, 0.3) is 11.1 Å². The second-order valence-corrected chi connectivity index (χ2v) is 9.54. The molecule has 2 fully saturated rings. The number of piperazine rings is 1. The highest BCUT2D eigenvalue weighted by atomic mass is 16.6. The number of fused-ring (bicyclic) bond motifs is 4. The van der Waals surface area contributed by atoms with E-state index in [1.54, 1.807) is 9.80 Å². The van der Waals surface area contributed by atoms with Crippen LogP contribution >= 0.6 is 0 Å². The summed E-state index contributed by atoms with van der Waals surface area (Å²) in [5.41, 5.74) is 4.32. The number of benzene rings is 2. The summed E-state index contributed by atoms with van der Waals surface area (Å²) in [4.78, 5) is 28.8. The van der Waals surface area contributed by atoms with Gasteiger partial charge in [-0.15, -0.1) is 0 Å².